The van der Waals surface area contributed by atoms with Crippen LogP contribution in [0.2, 0.25) is 0 Å². The Hall–Kier alpha value is -1.63. The first-order valence-corrected chi connectivity index (χ1v) is 4.44. The molecule has 1 fully saturated rings. The highest BCUT2D eigenvalue weighted by Gasteiger charge is 2.44. The second-order valence-corrected chi connectivity index (χ2v) is 3.54. The van der Waals surface area contributed by atoms with Crippen molar-refractivity contribution in [1.29, 1.82) is 0 Å². The van der Waals surface area contributed by atoms with Crippen LogP contribution in [0.25, 0.3) is 0 Å². The molecular formula is C8H13N3O4. The standard InChI is InChI=1S/C8H13N3O4/c1-8(6(9)14)7(15)11(3-2-10-8)4-5(12)13/h10H,2-4H2,1H3,(H2,9,14)(H,12,13). The fraction of sp³-hybridized carbons (Fsp3) is 0.625. The smallest absolute Gasteiger partial charge is 0.323 e. The van der Waals surface area contributed by atoms with Crippen LogP contribution in [0.1, 0.15) is 6.92 Å². The number of nitrogens with one attached hydrogen (secondary N) is 1. The minimum atomic E-state index is -1.49. The monoisotopic (exact) mass is 215 g/mol. The Kier molecular flexibility index (Phi) is 2.94. The Morgan fingerprint density at radius 3 is 2.73 bits per heavy atom. The lowest BCUT2D eigenvalue weighted by Crippen LogP contribution is -2.68. The number of carbonyl (C=O) groups is 3. The van der Waals surface area contributed by atoms with Crippen molar-refractivity contribution in [1.82, 2.24) is 10.2 Å². The van der Waals surface area contributed by atoms with Crippen molar-refractivity contribution in [3.63, 3.8) is 0 Å². The molecule has 0 radical (unpaired) electrons. The number of aliphatic carboxylic acids is 1. The number of rotatable bonds is 3. The molecular weight excluding hydrogens is 202 g/mol. The van der Waals surface area contributed by atoms with Crippen molar-refractivity contribution in [3.05, 3.63) is 0 Å². The van der Waals surface area contributed by atoms with Gasteiger partial charge in [-0.05, 0) is 6.92 Å². The van der Waals surface area contributed by atoms with E-state index in [2.05, 4.69) is 5.32 Å². The zero-order valence-corrected chi connectivity index (χ0v) is 8.32. The minimum Gasteiger partial charge on any atom is -0.480 e. The molecule has 15 heavy (non-hydrogen) atoms. The summed E-state index contributed by atoms with van der Waals surface area (Å²) in [6.45, 7) is 1.54. The Labute approximate surface area is 86.2 Å². The number of amides is 2. The number of nitrogens with two attached hydrogens (primary N) is 1. The van der Waals surface area contributed by atoms with Gasteiger partial charge in [0.2, 0.25) is 5.91 Å². The summed E-state index contributed by atoms with van der Waals surface area (Å²) >= 11 is 0. The maximum atomic E-state index is 11.7. The molecule has 1 saturated heterocycles. The van der Waals surface area contributed by atoms with Crippen LogP contribution >= 0.6 is 0 Å². The Morgan fingerprint density at radius 2 is 2.27 bits per heavy atom. The fourth-order valence-corrected chi connectivity index (χ4v) is 1.44. The maximum absolute atomic E-state index is 11.7. The van der Waals surface area contributed by atoms with Gasteiger partial charge in [0, 0.05) is 13.1 Å². The van der Waals surface area contributed by atoms with E-state index in [0.717, 1.165) is 4.90 Å². The van der Waals surface area contributed by atoms with E-state index in [0.29, 0.717) is 6.54 Å². The van der Waals surface area contributed by atoms with E-state index < -0.39 is 29.9 Å². The van der Waals surface area contributed by atoms with E-state index in [1.807, 2.05) is 0 Å². The molecule has 1 atom stereocenters. The second kappa shape index (κ2) is 3.85. The molecule has 84 valence electrons. The summed E-state index contributed by atoms with van der Waals surface area (Å²) in [6, 6.07) is 0. The van der Waals surface area contributed by atoms with Gasteiger partial charge in [0.15, 0.2) is 5.54 Å². The van der Waals surface area contributed by atoms with Crippen molar-refractivity contribution >= 4 is 17.8 Å². The number of piperazine rings is 1. The minimum absolute atomic E-state index is 0.258. The number of nitrogens with zero attached hydrogens (tertiary/aromatic N) is 1. The van der Waals surface area contributed by atoms with E-state index in [1.54, 1.807) is 0 Å². The molecule has 1 aliphatic rings. The first-order valence-electron chi connectivity index (χ1n) is 4.44. The molecule has 0 spiro atoms. The molecule has 0 bridgehead atoms. The van der Waals surface area contributed by atoms with Crippen LogP contribution in [0.15, 0.2) is 0 Å². The van der Waals surface area contributed by atoms with Crippen LogP contribution in [-0.4, -0.2) is 53.0 Å². The van der Waals surface area contributed by atoms with E-state index >= 15 is 0 Å². The second-order valence-electron chi connectivity index (χ2n) is 3.54. The van der Waals surface area contributed by atoms with Crippen molar-refractivity contribution in [2.24, 2.45) is 5.73 Å². The van der Waals surface area contributed by atoms with Crippen LogP contribution in [0.4, 0.5) is 0 Å². The summed E-state index contributed by atoms with van der Waals surface area (Å²) in [5, 5.41) is 11.3. The van der Waals surface area contributed by atoms with Crippen molar-refractivity contribution in [3.8, 4) is 0 Å². The average Bonchev–Trinajstić information content (AvgIpc) is 2.12. The summed E-state index contributed by atoms with van der Waals surface area (Å²) < 4.78 is 0. The SMILES string of the molecule is CC1(C(N)=O)NCCN(CC(=O)O)C1=O. The molecule has 4 N–H and O–H groups in total. The van der Waals surface area contributed by atoms with Crippen LogP contribution < -0.4 is 11.1 Å². The van der Waals surface area contributed by atoms with Gasteiger partial charge in [0.1, 0.15) is 6.54 Å². The Morgan fingerprint density at radius 1 is 1.67 bits per heavy atom. The molecule has 1 rings (SSSR count). The highest BCUT2D eigenvalue weighted by molar-refractivity contribution is 6.09. The maximum Gasteiger partial charge on any atom is 0.323 e. The predicted molar refractivity (Wildman–Crippen MR) is 49.8 cm³/mol. The number of carboxylic acids is 1. The van der Waals surface area contributed by atoms with Gasteiger partial charge in [-0.1, -0.05) is 0 Å². The van der Waals surface area contributed by atoms with E-state index in [-0.39, 0.29) is 6.54 Å². The first kappa shape index (κ1) is 11.4. The Balaban J connectivity index is 2.84. The summed E-state index contributed by atoms with van der Waals surface area (Å²) in [5.74, 6) is -2.51. The molecule has 7 nitrogen and oxygen atoms in total. The normalized spacial score (nSPS) is 26.5. The van der Waals surface area contributed by atoms with Gasteiger partial charge in [-0.2, -0.15) is 0 Å². The first-order chi connectivity index (χ1) is 6.88. The van der Waals surface area contributed by atoms with E-state index in [4.69, 9.17) is 10.8 Å². The highest BCUT2D eigenvalue weighted by Crippen LogP contribution is 2.12. The third-order valence-corrected chi connectivity index (χ3v) is 2.39. The average molecular weight is 215 g/mol. The molecule has 1 heterocycles. The third-order valence-electron chi connectivity index (χ3n) is 2.39. The van der Waals surface area contributed by atoms with Crippen molar-refractivity contribution < 1.29 is 19.5 Å². The van der Waals surface area contributed by atoms with Crippen LogP contribution in [0.3, 0.4) is 0 Å². The molecule has 0 aromatic rings. The van der Waals surface area contributed by atoms with Gasteiger partial charge >= 0.3 is 5.97 Å². The van der Waals surface area contributed by atoms with E-state index in [9.17, 15) is 14.4 Å². The van der Waals surface area contributed by atoms with E-state index in [1.165, 1.54) is 6.92 Å². The number of carboxylic acid groups (broad SMARTS) is 1. The van der Waals surface area contributed by atoms with Crippen molar-refractivity contribution in [2.75, 3.05) is 19.6 Å². The number of hydrogen-bond acceptors (Lipinski definition) is 4. The van der Waals surface area contributed by atoms with Crippen LogP contribution in [0, 0.1) is 0 Å². The Bertz CT molecular complexity index is 317. The molecule has 0 aromatic heterocycles. The number of hydrogen-bond donors (Lipinski definition) is 3. The van der Waals surface area contributed by atoms with Gasteiger partial charge in [-0.15, -0.1) is 0 Å². The number of carbonyl (C=O) groups excluding carboxylic acids is 2. The largest absolute Gasteiger partial charge is 0.480 e. The molecule has 0 aromatic carbocycles. The molecule has 1 unspecified atom stereocenters. The zero-order valence-electron chi connectivity index (χ0n) is 8.32. The van der Waals surface area contributed by atoms with Crippen molar-refractivity contribution in [2.45, 2.75) is 12.5 Å². The fourth-order valence-electron chi connectivity index (χ4n) is 1.44. The number of primary amides is 1. The highest BCUT2D eigenvalue weighted by atomic mass is 16.4. The van der Waals surface area contributed by atoms with Gasteiger partial charge in [-0.25, -0.2) is 0 Å². The molecule has 1 aliphatic heterocycles. The molecule has 0 aliphatic carbocycles. The summed E-state index contributed by atoms with van der Waals surface area (Å²) in [4.78, 5) is 34.4. The third kappa shape index (κ3) is 2.07. The lowest BCUT2D eigenvalue weighted by Gasteiger charge is -2.37. The topological polar surface area (TPSA) is 113 Å². The quantitative estimate of drug-likeness (QED) is 0.460. The summed E-state index contributed by atoms with van der Waals surface area (Å²) in [6.07, 6.45) is 0. The van der Waals surface area contributed by atoms with Gasteiger partial charge in [-0.3, -0.25) is 19.7 Å². The summed E-state index contributed by atoms with van der Waals surface area (Å²) in [7, 11) is 0. The van der Waals surface area contributed by atoms with Gasteiger partial charge < -0.3 is 15.7 Å². The lowest BCUT2D eigenvalue weighted by atomic mass is 9.97. The lowest BCUT2D eigenvalue weighted by molar-refractivity contribution is -0.152. The van der Waals surface area contributed by atoms with Gasteiger partial charge in [0.05, 0.1) is 0 Å². The van der Waals surface area contributed by atoms with Gasteiger partial charge in [0.25, 0.3) is 5.91 Å². The predicted octanol–water partition coefficient (Wildman–Crippen LogP) is -2.25. The van der Waals surface area contributed by atoms with Crippen LogP contribution in [-0.2, 0) is 14.4 Å². The molecule has 2 amide bonds. The summed E-state index contributed by atoms with van der Waals surface area (Å²) in [5.41, 5.74) is 3.60. The van der Waals surface area contributed by atoms with Crippen LogP contribution in [0.5, 0.6) is 0 Å². The zero-order chi connectivity index (χ0) is 11.6. The molecule has 7 heteroatoms. The molecule has 0 saturated carbocycles.